The number of hydrogen-bond acceptors (Lipinski definition) is 2. The summed E-state index contributed by atoms with van der Waals surface area (Å²) in [7, 11) is 0. The normalized spacial score (nSPS) is 10.0. The Hall–Kier alpha value is -2.80. The summed E-state index contributed by atoms with van der Waals surface area (Å²) in [5, 5.41) is 19.6. The molecule has 112 valence electrons. The molecule has 0 saturated carbocycles. The minimum absolute atomic E-state index is 0.138. The fraction of sp³-hybridized carbons (Fsp3) is 0.222. The summed E-state index contributed by atoms with van der Waals surface area (Å²) in [6.45, 7) is 2.04. The molecule has 0 radical (unpaired) electrons. The molecular formula is C18H16O4. The molecule has 2 rings (SSSR count). The maximum Gasteiger partial charge on any atom is 0.336 e. The molecule has 2 N–H and O–H groups in total. The molecule has 0 heterocycles. The number of carboxylic acids is 2. The molecule has 2 aromatic carbocycles. The van der Waals surface area contributed by atoms with Crippen LogP contribution in [0, 0.1) is 11.8 Å². The van der Waals surface area contributed by atoms with E-state index in [9.17, 15) is 14.7 Å². The van der Waals surface area contributed by atoms with Crippen LogP contribution in [0.15, 0.2) is 30.3 Å². The molecule has 22 heavy (non-hydrogen) atoms. The second-order valence-electron chi connectivity index (χ2n) is 4.93. The van der Waals surface area contributed by atoms with Gasteiger partial charge in [-0.2, -0.15) is 0 Å². The van der Waals surface area contributed by atoms with Crippen molar-refractivity contribution in [2.24, 2.45) is 0 Å². The maximum absolute atomic E-state index is 11.6. The van der Waals surface area contributed by atoms with Crippen molar-refractivity contribution in [3.05, 3.63) is 47.0 Å². The Bertz CT molecular complexity index is 794. The summed E-state index contributed by atoms with van der Waals surface area (Å²) in [4.78, 5) is 22.6. The molecule has 0 atom stereocenters. The van der Waals surface area contributed by atoms with Gasteiger partial charge >= 0.3 is 11.9 Å². The van der Waals surface area contributed by atoms with Gasteiger partial charge in [0.15, 0.2) is 0 Å². The van der Waals surface area contributed by atoms with Gasteiger partial charge in [-0.15, -0.1) is 5.92 Å². The van der Waals surface area contributed by atoms with Crippen molar-refractivity contribution >= 4 is 22.7 Å². The molecule has 4 heteroatoms. The summed E-state index contributed by atoms with van der Waals surface area (Å²) in [5.74, 6) is 3.93. The quantitative estimate of drug-likeness (QED) is 0.846. The third-order valence-electron chi connectivity index (χ3n) is 3.35. The van der Waals surface area contributed by atoms with Gasteiger partial charge in [-0.05, 0) is 34.9 Å². The number of unbranched alkanes of at least 4 members (excludes halogenated alkanes) is 1. The molecule has 0 unspecified atom stereocenters. The Morgan fingerprint density at radius 2 is 1.82 bits per heavy atom. The predicted octanol–water partition coefficient (Wildman–Crippen LogP) is 3.58. The van der Waals surface area contributed by atoms with E-state index in [1.807, 2.05) is 6.92 Å². The molecule has 0 aromatic heterocycles. The zero-order valence-corrected chi connectivity index (χ0v) is 12.2. The number of carboxylic acid groups (broad SMARTS) is 2. The molecule has 0 spiro atoms. The molecule has 0 bridgehead atoms. The van der Waals surface area contributed by atoms with Crippen molar-refractivity contribution in [1.82, 2.24) is 0 Å². The Morgan fingerprint density at radius 1 is 1.05 bits per heavy atom. The van der Waals surface area contributed by atoms with E-state index in [0.717, 1.165) is 12.8 Å². The summed E-state index contributed by atoms with van der Waals surface area (Å²) in [6.07, 6.45) is 2.13. The van der Waals surface area contributed by atoms with Gasteiger partial charge in [0.2, 0.25) is 0 Å². The lowest BCUT2D eigenvalue weighted by molar-refractivity contribution is 0.0687. The molecular weight excluding hydrogens is 280 g/mol. The van der Waals surface area contributed by atoms with Gasteiger partial charge in [-0.1, -0.05) is 31.0 Å². The summed E-state index contributed by atoms with van der Waals surface area (Å²) >= 11 is 0. The van der Waals surface area contributed by atoms with Gasteiger partial charge in [0.05, 0.1) is 11.1 Å². The highest BCUT2D eigenvalue weighted by atomic mass is 16.4. The van der Waals surface area contributed by atoms with Gasteiger partial charge in [0.1, 0.15) is 0 Å². The largest absolute Gasteiger partial charge is 0.478 e. The molecule has 0 aliphatic rings. The lowest BCUT2D eigenvalue weighted by Crippen LogP contribution is -2.04. The molecule has 0 amide bonds. The highest BCUT2D eigenvalue weighted by Crippen LogP contribution is 2.24. The Kier molecular flexibility index (Phi) is 4.80. The predicted molar refractivity (Wildman–Crippen MR) is 84.3 cm³/mol. The molecule has 2 aromatic rings. The van der Waals surface area contributed by atoms with E-state index in [-0.39, 0.29) is 11.1 Å². The average molecular weight is 296 g/mol. The van der Waals surface area contributed by atoms with Gasteiger partial charge in [0, 0.05) is 12.8 Å². The van der Waals surface area contributed by atoms with Crippen molar-refractivity contribution in [3.63, 3.8) is 0 Å². The SMILES string of the molecule is CCCC#CCc1ccc2cc(C(=O)O)ccc2c1C(=O)O. The number of carbonyl (C=O) groups is 2. The topological polar surface area (TPSA) is 74.6 Å². The van der Waals surface area contributed by atoms with E-state index in [2.05, 4.69) is 11.8 Å². The van der Waals surface area contributed by atoms with Crippen LogP contribution in [-0.2, 0) is 6.42 Å². The van der Waals surface area contributed by atoms with Crippen LogP contribution in [0.4, 0.5) is 0 Å². The van der Waals surface area contributed by atoms with E-state index in [1.54, 1.807) is 18.2 Å². The number of benzene rings is 2. The van der Waals surface area contributed by atoms with Crippen LogP contribution in [0.1, 0.15) is 46.0 Å². The second kappa shape index (κ2) is 6.77. The number of hydrogen-bond donors (Lipinski definition) is 2. The van der Waals surface area contributed by atoms with Crippen molar-refractivity contribution in [2.75, 3.05) is 0 Å². The van der Waals surface area contributed by atoms with Crippen LogP contribution < -0.4 is 0 Å². The summed E-state index contributed by atoms with van der Waals surface area (Å²) in [5.41, 5.74) is 0.978. The van der Waals surface area contributed by atoms with Crippen LogP contribution in [0.2, 0.25) is 0 Å². The number of aromatic carboxylic acids is 2. The monoisotopic (exact) mass is 296 g/mol. The first-order valence-corrected chi connectivity index (χ1v) is 7.02. The number of rotatable bonds is 4. The van der Waals surface area contributed by atoms with Gasteiger partial charge in [-0.25, -0.2) is 9.59 Å². The van der Waals surface area contributed by atoms with Crippen LogP contribution in [0.3, 0.4) is 0 Å². The van der Waals surface area contributed by atoms with E-state index in [0.29, 0.717) is 22.8 Å². The molecule has 0 aliphatic carbocycles. The van der Waals surface area contributed by atoms with Crippen LogP contribution >= 0.6 is 0 Å². The fourth-order valence-electron chi connectivity index (χ4n) is 2.28. The Morgan fingerprint density at radius 3 is 2.45 bits per heavy atom. The van der Waals surface area contributed by atoms with Crippen LogP contribution in [0.25, 0.3) is 10.8 Å². The standard InChI is InChI=1S/C18H16O4/c1-2-3-4-5-6-12-7-8-13-11-14(17(19)20)9-10-15(13)16(12)18(21)22/h7-11H,2-3,6H2,1H3,(H,19,20)(H,21,22). The average Bonchev–Trinajstić information content (AvgIpc) is 2.50. The fourth-order valence-corrected chi connectivity index (χ4v) is 2.28. The summed E-state index contributed by atoms with van der Waals surface area (Å²) in [6, 6.07) is 7.90. The maximum atomic E-state index is 11.6. The first kappa shape index (κ1) is 15.6. The van der Waals surface area contributed by atoms with E-state index >= 15 is 0 Å². The smallest absolute Gasteiger partial charge is 0.336 e. The van der Waals surface area contributed by atoms with Gasteiger partial charge in [-0.3, -0.25) is 0 Å². The molecule has 4 nitrogen and oxygen atoms in total. The first-order valence-electron chi connectivity index (χ1n) is 7.02. The summed E-state index contributed by atoms with van der Waals surface area (Å²) < 4.78 is 0. The van der Waals surface area contributed by atoms with Gasteiger partial charge < -0.3 is 10.2 Å². The minimum Gasteiger partial charge on any atom is -0.478 e. The van der Waals surface area contributed by atoms with Crippen molar-refractivity contribution in [3.8, 4) is 11.8 Å². The van der Waals surface area contributed by atoms with Crippen LogP contribution in [0.5, 0.6) is 0 Å². The van der Waals surface area contributed by atoms with E-state index in [1.165, 1.54) is 12.1 Å². The van der Waals surface area contributed by atoms with Crippen molar-refractivity contribution in [1.29, 1.82) is 0 Å². The zero-order valence-electron chi connectivity index (χ0n) is 12.2. The third kappa shape index (κ3) is 3.26. The van der Waals surface area contributed by atoms with Crippen LogP contribution in [-0.4, -0.2) is 22.2 Å². The lowest BCUT2D eigenvalue weighted by atomic mass is 9.96. The van der Waals surface area contributed by atoms with Crippen molar-refractivity contribution < 1.29 is 19.8 Å². The highest BCUT2D eigenvalue weighted by Gasteiger charge is 2.15. The Labute approximate surface area is 128 Å². The molecule has 0 saturated heterocycles. The first-order chi connectivity index (χ1) is 10.5. The minimum atomic E-state index is -1.03. The van der Waals surface area contributed by atoms with E-state index < -0.39 is 11.9 Å². The zero-order chi connectivity index (χ0) is 16.1. The molecule has 0 aliphatic heterocycles. The molecule has 0 fully saturated rings. The second-order valence-corrected chi connectivity index (χ2v) is 4.93. The third-order valence-corrected chi connectivity index (χ3v) is 3.35. The lowest BCUT2D eigenvalue weighted by Gasteiger charge is -2.08. The number of fused-ring (bicyclic) bond motifs is 1. The highest BCUT2D eigenvalue weighted by molar-refractivity contribution is 6.06. The van der Waals surface area contributed by atoms with Crippen molar-refractivity contribution in [2.45, 2.75) is 26.2 Å². The Balaban J connectivity index is 2.53. The van der Waals surface area contributed by atoms with E-state index in [4.69, 9.17) is 5.11 Å². The van der Waals surface area contributed by atoms with Gasteiger partial charge in [0.25, 0.3) is 0 Å².